The Kier molecular flexibility index (Phi) is 8.06. The predicted molar refractivity (Wildman–Crippen MR) is 105 cm³/mol. The van der Waals surface area contributed by atoms with Gasteiger partial charge in [-0.25, -0.2) is 9.13 Å². The molecule has 5 nitrogen and oxygen atoms in total. The third kappa shape index (κ3) is 6.52. The first kappa shape index (κ1) is 21.2. The second kappa shape index (κ2) is 10.3. The standard InChI is InChI=1S/C20H20BrN3O2.BrH/c1-23-10-11-24(15-23)9-2-12-26-19-8-3-16(20(25)13-19)14-22-18-6-4-17(21)5-7-18;/h3-8,10-11,13-15H,2,9,12H2,1H3;1H. The summed E-state index contributed by atoms with van der Waals surface area (Å²) in [5.41, 5.74) is 1.48. The van der Waals surface area contributed by atoms with Gasteiger partial charge in [0.25, 0.3) is 0 Å². The second-order valence-electron chi connectivity index (χ2n) is 5.97. The van der Waals surface area contributed by atoms with Gasteiger partial charge in [-0.2, -0.15) is 0 Å². The summed E-state index contributed by atoms with van der Waals surface area (Å²) in [5.74, 6) is 0.808. The molecular weight excluding hydrogens is 474 g/mol. The van der Waals surface area contributed by atoms with Crippen molar-refractivity contribution in [2.24, 2.45) is 12.0 Å². The summed E-state index contributed by atoms with van der Waals surface area (Å²) >= 11 is 3.39. The minimum absolute atomic E-state index is 0. The number of nitrogens with zero attached hydrogens (tertiary/aromatic N) is 3. The van der Waals surface area contributed by atoms with Crippen LogP contribution in [0.15, 0.2) is 70.7 Å². The number of aromatic nitrogens is 2. The molecule has 0 aliphatic heterocycles. The van der Waals surface area contributed by atoms with Gasteiger partial charge in [0.1, 0.15) is 23.9 Å². The lowest BCUT2D eigenvalue weighted by atomic mass is 10.2. The van der Waals surface area contributed by atoms with Gasteiger partial charge in [-0.05, 0) is 36.4 Å². The molecule has 0 fully saturated rings. The van der Waals surface area contributed by atoms with E-state index in [0.29, 0.717) is 17.9 Å². The molecule has 0 bridgehead atoms. The van der Waals surface area contributed by atoms with Crippen LogP contribution in [0.4, 0.5) is 5.69 Å². The van der Waals surface area contributed by atoms with Gasteiger partial charge in [0.15, 0.2) is 0 Å². The van der Waals surface area contributed by atoms with Gasteiger partial charge in [-0.15, -0.1) is 0 Å². The zero-order valence-corrected chi connectivity index (χ0v) is 18.1. The first-order chi connectivity index (χ1) is 12.6. The van der Waals surface area contributed by atoms with E-state index in [2.05, 4.69) is 25.5 Å². The summed E-state index contributed by atoms with van der Waals surface area (Å²) in [6, 6.07) is 12.9. The summed E-state index contributed by atoms with van der Waals surface area (Å²) in [5, 5.41) is 10.2. The molecule has 7 heteroatoms. The topological polar surface area (TPSA) is 50.6 Å². The summed E-state index contributed by atoms with van der Waals surface area (Å²) in [7, 11) is 2.00. The van der Waals surface area contributed by atoms with Gasteiger partial charge >= 0.3 is 0 Å². The van der Waals surface area contributed by atoms with Crippen molar-refractivity contribution in [2.45, 2.75) is 13.0 Å². The number of hydrogen-bond acceptors (Lipinski definition) is 3. The summed E-state index contributed by atoms with van der Waals surface area (Å²) in [6.45, 7) is 1.48. The molecule has 0 aliphatic carbocycles. The van der Waals surface area contributed by atoms with Crippen LogP contribution in [0.2, 0.25) is 0 Å². The Morgan fingerprint density at radius 2 is 2.00 bits per heavy atom. The number of imidazole rings is 1. The fourth-order valence-electron chi connectivity index (χ4n) is 2.46. The van der Waals surface area contributed by atoms with Crippen LogP contribution in [0.25, 0.3) is 0 Å². The van der Waals surface area contributed by atoms with Crippen molar-refractivity contribution < 1.29 is 31.4 Å². The molecule has 0 spiro atoms. The number of aliphatic imine (C=N–C) groups is 1. The van der Waals surface area contributed by atoms with Crippen molar-refractivity contribution in [1.82, 2.24) is 4.57 Å². The monoisotopic (exact) mass is 493 g/mol. The van der Waals surface area contributed by atoms with Gasteiger partial charge < -0.3 is 26.8 Å². The van der Waals surface area contributed by atoms with Gasteiger partial charge in [-0.1, -0.05) is 15.9 Å². The Hall–Kier alpha value is -2.12. The minimum Gasteiger partial charge on any atom is -1.00 e. The number of ether oxygens (including phenoxy) is 1. The average molecular weight is 495 g/mol. The molecule has 3 rings (SSSR count). The molecule has 0 aliphatic rings. The van der Waals surface area contributed by atoms with Crippen LogP contribution in [0.3, 0.4) is 0 Å². The SMILES string of the molecule is C[n+]1ccn(CCCOc2ccc(C=Nc3ccc(Br)cc3)c(O)c2)c1.[Br-]. The van der Waals surface area contributed by atoms with E-state index in [4.69, 9.17) is 4.74 Å². The van der Waals surface area contributed by atoms with Gasteiger partial charge in [0.05, 0.1) is 25.9 Å². The number of hydrogen-bond donors (Lipinski definition) is 1. The zero-order valence-electron chi connectivity index (χ0n) is 14.9. The highest BCUT2D eigenvalue weighted by Gasteiger charge is 2.03. The third-order valence-corrected chi connectivity index (χ3v) is 4.36. The van der Waals surface area contributed by atoms with Crippen LogP contribution in [-0.2, 0) is 13.6 Å². The van der Waals surface area contributed by atoms with E-state index in [1.54, 1.807) is 18.3 Å². The maximum atomic E-state index is 10.2. The van der Waals surface area contributed by atoms with Crippen molar-refractivity contribution >= 4 is 27.8 Å². The number of phenols is 1. The summed E-state index contributed by atoms with van der Waals surface area (Å²) in [4.78, 5) is 4.37. The van der Waals surface area contributed by atoms with Crippen molar-refractivity contribution in [2.75, 3.05) is 6.61 Å². The number of phenolic OH excluding ortho intramolecular Hbond substituents is 1. The normalized spacial score (nSPS) is 10.7. The predicted octanol–water partition coefficient (Wildman–Crippen LogP) is 1.00. The molecule has 3 aromatic rings. The molecule has 0 unspecified atom stereocenters. The van der Waals surface area contributed by atoms with Crippen molar-refractivity contribution in [3.05, 3.63) is 71.2 Å². The molecule has 1 heterocycles. The Bertz CT molecular complexity index is 892. The number of halogens is 2. The number of benzene rings is 2. The highest BCUT2D eigenvalue weighted by molar-refractivity contribution is 9.10. The summed E-state index contributed by atoms with van der Waals surface area (Å²) < 4.78 is 10.8. The molecule has 27 heavy (non-hydrogen) atoms. The molecule has 0 amide bonds. The first-order valence-electron chi connectivity index (χ1n) is 8.36. The smallest absolute Gasteiger partial charge is 0.243 e. The lowest BCUT2D eigenvalue weighted by Gasteiger charge is -2.07. The van der Waals surface area contributed by atoms with Crippen molar-refractivity contribution in [3.63, 3.8) is 0 Å². The maximum absolute atomic E-state index is 10.2. The summed E-state index contributed by atoms with van der Waals surface area (Å²) in [6.07, 6.45) is 8.61. The fourth-order valence-corrected chi connectivity index (χ4v) is 2.73. The highest BCUT2D eigenvalue weighted by Crippen LogP contribution is 2.23. The largest absolute Gasteiger partial charge is 1.00 e. The lowest BCUT2D eigenvalue weighted by Crippen LogP contribution is -3.00. The molecule has 2 aromatic carbocycles. The van der Waals surface area contributed by atoms with E-state index in [1.807, 2.05) is 60.7 Å². The van der Waals surface area contributed by atoms with E-state index < -0.39 is 0 Å². The van der Waals surface area contributed by atoms with Crippen molar-refractivity contribution in [3.8, 4) is 11.5 Å². The van der Waals surface area contributed by atoms with Crippen molar-refractivity contribution in [1.29, 1.82) is 0 Å². The molecule has 0 saturated heterocycles. The number of rotatable bonds is 7. The van der Waals surface area contributed by atoms with Crippen LogP contribution in [0, 0.1) is 0 Å². The van der Waals surface area contributed by atoms with E-state index in [-0.39, 0.29) is 22.7 Å². The van der Waals surface area contributed by atoms with Crippen LogP contribution in [-0.4, -0.2) is 22.5 Å². The Balaban J connectivity index is 0.00000261. The molecule has 142 valence electrons. The van der Waals surface area contributed by atoms with E-state index in [9.17, 15) is 5.11 Å². The minimum atomic E-state index is 0. The Labute approximate surface area is 177 Å². The number of aryl methyl sites for hydroxylation is 2. The molecule has 1 aromatic heterocycles. The zero-order chi connectivity index (χ0) is 18.4. The highest BCUT2D eigenvalue weighted by atomic mass is 79.9. The first-order valence-corrected chi connectivity index (χ1v) is 9.16. The Morgan fingerprint density at radius 1 is 1.22 bits per heavy atom. The van der Waals surface area contributed by atoms with Crippen LogP contribution in [0.5, 0.6) is 11.5 Å². The molecule has 0 saturated carbocycles. The van der Waals surface area contributed by atoms with Gasteiger partial charge in [-0.3, -0.25) is 4.99 Å². The number of aromatic hydroxyl groups is 1. The average Bonchev–Trinajstić information content (AvgIpc) is 3.05. The molecule has 1 N–H and O–H groups in total. The third-order valence-electron chi connectivity index (χ3n) is 3.83. The van der Waals surface area contributed by atoms with E-state index >= 15 is 0 Å². The second-order valence-corrected chi connectivity index (χ2v) is 6.89. The lowest BCUT2D eigenvalue weighted by molar-refractivity contribution is -0.671. The van der Waals surface area contributed by atoms with Crippen LogP contribution >= 0.6 is 15.9 Å². The van der Waals surface area contributed by atoms with Gasteiger partial charge in [0, 0.05) is 28.7 Å². The van der Waals surface area contributed by atoms with Crippen LogP contribution < -0.4 is 26.3 Å². The molecular formula is C20H21Br2N3O2. The van der Waals surface area contributed by atoms with Crippen LogP contribution in [0.1, 0.15) is 12.0 Å². The maximum Gasteiger partial charge on any atom is 0.243 e. The molecule has 0 radical (unpaired) electrons. The van der Waals surface area contributed by atoms with E-state index in [0.717, 1.165) is 23.1 Å². The Morgan fingerprint density at radius 3 is 2.67 bits per heavy atom. The quantitative estimate of drug-likeness (QED) is 0.303. The fraction of sp³-hybridized carbons (Fsp3) is 0.200. The molecule has 0 atom stereocenters. The van der Waals surface area contributed by atoms with E-state index in [1.165, 1.54) is 0 Å². The van der Waals surface area contributed by atoms with Gasteiger partial charge in [0.2, 0.25) is 6.33 Å².